The van der Waals surface area contributed by atoms with E-state index in [1.54, 1.807) is 30.7 Å². The largest absolute Gasteiger partial charge is 0.358 e. The molecule has 0 aliphatic heterocycles. The second kappa shape index (κ2) is 5.09. The zero-order valence-corrected chi connectivity index (χ0v) is 10.8. The monoisotopic (exact) mass is 264 g/mol. The fraction of sp³-hybridized carbons (Fsp3) is 0.273. The van der Waals surface area contributed by atoms with E-state index in [2.05, 4.69) is 15.3 Å². The number of hydrogen-bond acceptors (Lipinski definition) is 6. The molecule has 18 heavy (non-hydrogen) atoms. The van der Waals surface area contributed by atoms with Crippen molar-refractivity contribution in [2.45, 2.75) is 20.4 Å². The SMILES string of the molecule is Cc1cnc(NCc2ncc(C)s2)c([N+](=O)[O-])c1. The van der Waals surface area contributed by atoms with Gasteiger partial charge < -0.3 is 5.32 Å². The molecule has 0 atom stereocenters. The van der Waals surface area contributed by atoms with Crippen LogP contribution < -0.4 is 5.32 Å². The minimum atomic E-state index is -0.435. The summed E-state index contributed by atoms with van der Waals surface area (Å²) in [6, 6.07) is 1.50. The van der Waals surface area contributed by atoms with Crippen LogP contribution in [0.25, 0.3) is 0 Å². The van der Waals surface area contributed by atoms with Gasteiger partial charge in [-0.2, -0.15) is 0 Å². The van der Waals surface area contributed by atoms with Crippen molar-refractivity contribution < 1.29 is 4.92 Å². The van der Waals surface area contributed by atoms with E-state index in [0.29, 0.717) is 6.54 Å². The maximum atomic E-state index is 10.9. The van der Waals surface area contributed by atoms with Gasteiger partial charge in [0.2, 0.25) is 5.82 Å². The second-order valence-corrected chi connectivity index (χ2v) is 5.18. The van der Waals surface area contributed by atoms with Gasteiger partial charge in [-0.3, -0.25) is 10.1 Å². The molecule has 0 radical (unpaired) electrons. The Morgan fingerprint density at radius 1 is 1.39 bits per heavy atom. The van der Waals surface area contributed by atoms with Crippen molar-refractivity contribution in [3.8, 4) is 0 Å². The van der Waals surface area contributed by atoms with Gasteiger partial charge >= 0.3 is 5.69 Å². The summed E-state index contributed by atoms with van der Waals surface area (Å²) in [6.07, 6.45) is 3.38. The molecule has 2 rings (SSSR count). The molecule has 0 amide bonds. The van der Waals surface area contributed by atoms with Gasteiger partial charge in [0.05, 0.1) is 11.5 Å². The van der Waals surface area contributed by atoms with Gasteiger partial charge in [0.15, 0.2) is 0 Å². The first-order valence-corrected chi connectivity index (χ1v) is 6.14. The predicted molar refractivity (Wildman–Crippen MR) is 69.8 cm³/mol. The molecule has 0 saturated carbocycles. The van der Waals surface area contributed by atoms with Crippen LogP contribution in [0.2, 0.25) is 0 Å². The lowest BCUT2D eigenvalue weighted by Gasteiger charge is -2.04. The molecule has 94 valence electrons. The molecule has 0 aliphatic rings. The number of pyridine rings is 1. The minimum absolute atomic E-state index is 0.0109. The van der Waals surface area contributed by atoms with Gasteiger partial charge in [-0.1, -0.05) is 0 Å². The first-order valence-electron chi connectivity index (χ1n) is 5.32. The van der Waals surface area contributed by atoms with Gasteiger partial charge in [-0.25, -0.2) is 9.97 Å². The third-order valence-electron chi connectivity index (χ3n) is 2.28. The highest BCUT2D eigenvalue weighted by molar-refractivity contribution is 7.11. The molecule has 0 aromatic carbocycles. The van der Waals surface area contributed by atoms with Crippen LogP contribution in [0.5, 0.6) is 0 Å². The van der Waals surface area contributed by atoms with Crippen LogP contribution in [0.15, 0.2) is 18.5 Å². The van der Waals surface area contributed by atoms with Crippen molar-refractivity contribution in [2.75, 3.05) is 5.32 Å². The lowest BCUT2D eigenvalue weighted by atomic mass is 10.3. The topological polar surface area (TPSA) is 81.0 Å². The smallest absolute Gasteiger partial charge is 0.311 e. The Balaban J connectivity index is 2.16. The molecule has 2 aromatic heterocycles. The average Bonchev–Trinajstić information content (AvgIpc) is 2.73. The molecule has 0 fully saturated rings. The van der Waals surface area contributed by atoms with Crippen molar-refractivity contribution in [2.24, 2.45) is 0 Å². The molecule has 7 heteroatoms. The van der Waals surface area contributed by atoms with Crippen molar-refractivity contribution in [1.82, 2.24) is 9.97 Å². The second-order valence-electron chi connectivity index (χ2n) is 3.86. The maximum Gasteiger partial charge on any atom is 0.311 e. The van der Waals surface area contributed by atoms with E-state index < -0.39 is 4.92 Å². The molecular weight excluding hydrogens is 252 g/mol. The highest BCUT2D eigenvalue weighted by Crippen LogP contribution is 2.23. The Bertz CT molecular complexity index is 582. The number of aromatic nitrogens is 2. The number of hydrogen-bond donors (Lipinski definition) is 1. The van der Waals surface area contributed by atoms with Crippen molar-refractivity contribution in [3.63, 3.8) is 0 Å². The molecule has 6 nitrogen and oxygen atoms in total. The van der Waals surface area contributed by atoms with Crippen molar-refractivity contribution in [3.05, 3.63) is 44.0 Å². The Kier molecular flexibility index (Phi) is 3.52. The molecule has 0 spiro atoms. The number of nitro groups is 1. The van der Waals surface area contributed by atoms with E-state index in [0.717, 1.165) is 15.4 Å². The first kappa shape index (κ1) is 12.4. The summed E-state index contributed by atoms with van der Waals surface area (Å²) >= 11 is 1.55. The molecular formula is C11H12N4O2S. The highest BCUT2D eigenvalue weighted by Gasteiger charge is 2.15. The van der Waals surface area contributed by atoms with Gasteiger partial charge in [0.25, 0.3) is 0 Å². The van der Waals surface area contributed by atoms with Crippen LogP contribution in [0.3, 0.4) is 0 Å². The molecule has 0 aliphatic carbocycles. The number of anilines is 1. The molecule has 1 N–H and O–H groups in total. The summed E-state index contributed by atoms with van der Waals surface area (Å²) in [4.78, 5) is 19.8. The van der Waals surface area contributed by atoms with Gasteiger partial charge in [-0.15, -0.1) is 11.3 Å². The van der Waals surface area contributed by atoms with Crippen LogP contribution in [-0.2, 0) is 6.54 Å². The molecule has 0 unspecified atom stereocenters. The van der Waals surface area contributed by atoms with Crippen molar-refractivity contribution >= 4 is 22.8 Å². The molecule has 0 saturated heterocycles. The van der Waals surface area contributed by atoms with Crippen LogP contribution in [0.4, 0.5) is 11.5 Å². The third kappa shape index (κ3) is 2.80. The highest BCUT2D eigenvalue weighted by atomic mass is 32.1. The Labute approximate surface area is 108 Å². The summed E-state index contributed by atoms with van der Waals surface area (Å²) in [5.41, 5.74) is 0.751. The van der Waals surface area contributed by atoms with Gasteiger partial charge in [0.1, 0.15) is 5.01 Å². The Morgan fingerprint density at radius 2 is 2.17 bits per heavy atom. The summed E-state index contributed by atoms with van der Waals surface area (Å²) < 4.78 is 0. The van der Waals surface area contributed by atoms with Crippen LogP contribution >= 0.6 is 11.3 Å². The zero-order chi connectivity index (χ0) is 13.1. The van der Waals surface area contributed by atoms with Crippen LogP contribution in [-0.4, -0.2) is 14.9 Å². The van der Waals surface area contributed by atoms with E-state index >= 15 is 0 Å². The number of rotatable bonds is 4. The third-order valence-corrected chi connectivity index (χ3v) is 3.19. The van der Waals surface area contributed by atoms with Gasteiger partial charge in [0, 0.05) is 23.3 Å². The first-order chi connectivity index (χ1) is 8.56. The molecule has 2 aromatic rings. The Morgan fingerprint density at radius 3 is 2.78 bits per heavy atom. The van der Waals surface area contributed by atoms with E-state index in [4.69, 9.17) is 0 Å². The van der Waals surface area contributed by atoms with E-state index in [1.807, 2.05) is 6.92 Å². The van der Waals surface area contributed by atoms with E-state index in [9.17, 15) is 10.1 Å². The fourth-order valence-electron chi connectivity index (χ4n) is 1.47. The number of nitrogens with one attached hydrogen (secondary N) is 1. The summed E-state index contributed by atoms with van der Waals surface area (Å²) in [7, 11) is 0. The summed E-state index contributed by atoms with van der Waals surface area (Å²) in [5, 5.41) is 14.7. The normalized spacial score (nSPS) is 10.3. The Hall–Kier alpha value is -2.02. The van der Waals surface area contributed by atoms with Crippen molar-refractivity contribution in [1.29, 1.82) is 0 Å². The maximum absolute atomic E-state index is 10.9. The van der Waals surface area contributed by atoms with Gasteiger partial charge in [-0.05, 0) is 19.4 Å². The lowest BCUT2D eigenvalue weighted by molar-refractivity contribution is -0.384. The van der Waals surface area contributed by atoms with Crippen LogP contribution in [0.1, 0.15) is 15.4 Å². The number of aryl methyl sites for hydroxylation is 2. The predicted octanol–water partition coefficient (Wildman–Crippen LogP) is 2.68. The standard InChI is InChI=1S/C11H12N4O2S/c1-7-3-9(15(16)17)11(13-4-7)14-6-10-12-5-8(2)18-10/h3-5H,6H2,1-2H3,(H,13,14). The quantitative estimate of drug-likeness (QED) is 0.678. The van der Waals surface area contributed by atoms with Crippen LogP contribution in [0, 0.1) is 24.0 Å². The lowest BCUT2D eigenvalue weighted by Crippen LogP contribution is -2.04. The summed E-state index contributed by atoms with van der Waals surface area (Å²) in [5.74, 6) is 0.276. The molecule has 0 bridgehead atoms. The average molecular weight is 264 g/mol. The van der Waals surface area contributed by atoms with E-state index in [1.165, 1.54) is 6.07 Å². The zero-order valence-electron chi connectivity index (χ0n) is 10.0. The summed E-state index contributed by atoms with van der Waals surface area (Å²) in [6.45, 7) is 4.18. The minimum Gasteiger partial charge on any atom is -0.358 e. The molecule has 2 heterocycles. The van der Waals surface area contributed by atoms with E-state index in [-0.39, 0.29) is 11.5 Å². The number of thiazole rings is 1. The fourth-order valence-corrected chi connectivity index (χ4v) is 2.20. The number of nitrogens with zero attached hydrogens (tertiary/aromatic N) is 3.